The van der Waals surface area contributed by atoms with Gasteiger partial charge in [-0.1, -0.05) is 90.3 Å². The van der Waals surface area contributed by atoms with Crippen LogP contribution in [0, 0.1) is 39.4 Å². The Bertz CT molecular complexity index is 718. The van der Waals surface area contributed by atoms with Gasteiger partial charge in [-0.25, -0.2) is 0 Å². The first-order valence-corrected chi connectivity index (χ1v) is 11.6. The van der Waals surface area contributed by atoms with Crippen molar-refractivity contribution in [2.24, 2.45) is 39.4 Å². The van der Waals surface area contributed by atoms with Crippen LogP contribution in [0.25, 0.3) is 0 Å². The van der Waals surface area contributed by atoms with Crippen molar-refractivity contribution in [3.8, 4) is 0 Å². The van der Waals surface area contributed by atoms with Crippen molar-refractivity contribution < 1.29 is 0 Å². The third-order valence-corrected chi connectivity index (χ3v) is 10.9. The van der Waals surface area contributed by atoms with E-state index >= 15 is 0 Å². The molecule has 0 radical (unpaired) electrons. The quantitative estimate of drug-likeness (QED) is 0.433. The lowest BCUT2D eigenvalue weighted by molar-refractivity contribution is -0.0763. The lowest BCUT2D eigenvalue weighted by Gasteiger charge is -2.62. The van der Waals surface area contributed by atoms with Gasteiger partial charge in [-0.2, -0.15) is 0 Å². The summed E-state index contributed by atoms with van der Waals surface area (Å²) in [5.74, 6) is 2.35. The van der Waals surface area contributed by atoms with Crippen molar-refractivity contribution in [1.29, 1.82) is 0 Å². The van der Waals surface area contributed by atoms with E-state index in [-0.39, 0.29) is 0 Å². The summed E-state index contributed by atoms with van der Waals surface area (Å²) in [5.41, 5.74) is 6.50. The summed E-state index contributed by atoms with van der Waals surface area (Å²) >= 11 is 0. The topological polar surface area (TPSA) is 0 Å². The molecule has 4 aliphatic rings. The standard InChI is InChI=1S/C27H42/c1-9-24(4,5)27(8)19(3)17-23-21-11-10-20-16-18(2)12-14-25(20,6)22(21)13-15-26(23,27)7/h16-17,19,21-22H,2,9-15H2,1,3-8H3. The van der Waals surface area contributed by atoms with Gasteiger partial charge in [0.1, 0.15) is 0 Å². The molecule has 150 valence electrons. The highest BCUT2D eigenvalue weighted by Gasteiger charge is 2.64. The van der Waals surface area contributed by atoms with Crippen molar-refractivity contribution in [2.75, 3.05) is 0 Å². The molecule has 4 aliphatic carbocycles. The zero-order valence-corrected chi connectivity index (χ0v) is 19.0. The first-order valence-electron chi connectivity index (χ1n) is 11.6. The molecule has 2 saturated carbocycles. The Morgan fingerprint density at radius 3 is 2.48 bits per heavy atom. The predicted octanol–water partition coefficient (Wildman–Crippen LogP) is 8.11. The summed E-state index contributed by atoms with van der Waals surface area (Å²) in [4.78, 5) is 0. The van der Waals surface area contributed by atoms with E-state index in [0.29, 0.717) is 27.6 Å². The summed E-state index contributed by atoms with van der Waals surface area (Å²) < 4.78 is 0. The third-order valence-electron chi connectivity index (χ3n) is 10.9. The summed E-state index contributed by atoms with van der Waals surface area (Å²) in [6.07, 6.45) is 14.5. The molecule has 6 atom stereocenters. The molecule has 0 aromatic rings. The summed E-state index contributed by atoms with van der Waals surface area (Å²) in [5, 5.41) is 0. The van der Waals surface area contributed by atoms with Gasteiger partial charge in [0.15, 0.2) is 0 Å². The normalized spacial score (nSPS) is 46.9. The van der Waals surface area contributed by atoms with Gasteiger partial charge in [0.25, 0.3) is 0 Å². The van der Waals surface area contributed by atoms with E-state index in [1.54, 1.807) is 5.57 Å². The van der Waals surface area contributed by atoms with Gasteiger partial charge in [-0.15, -0.1) is 0 Å². The Morgan fingerprint density at radius 2 is 1.81 bits per heavy atom. The maximum atomic E-state index is 4.28. The molecule has 0 saturated heterocycles. The Morgan fingerprint density at radius 1 is 1.11 bits per heavy atom. The molecule has 0 aromatic carbocycles. The molecule has 0 heteroatoms. The van der Waals surface area contributed by atoms with Gasteiger partial charge in [-0.3, -0.25) is 0 Å². The Balaban J connectivity index is 1.75. The zero-order chi connectivity index (χ0) is 19.8. The SMILES string of the molecule is C=C1C=C2CCC3C4=CC(C)C(C)(C(C)(C)CC)C4(C)CCC3C2(C)CC1. The highest BCUT2D eigenvalue weighted by Crippen LogP contribution is 2.73. The van der Waals surface area contributed by atoms with E-state index in [4.69, 9.17) is 0 Å². The Hall–Kier alpha value is -0.780. The minimum absolute atomic E-state index is 0.368. The van der Waals surface area contributed by atoms with Crippen molar-refractivity contribution in [2.45, 2.75) is 93.4 Å². The molecule has 0 heterocycles. The van der Waals surface area contributed by atoms with Gasteiger partial charge in [0.2, 0.25) is 0 Å². The van der Waals surface area contributed by atoms with Crippen LogP contribution in [-0.2, 0) is 0 Å². The van der Waals surface area contributed by atoms with Crippen molar-refractivity contribution >= 4 is 0 Å². The first-order chi connectivity index (χ1) is 12.5. The van der Waals surface area contributed by atoms with Gasteiger partial charge >= 0.3 is 0 Å². The maximum absolute atomic E-state index is 4.28. The van der Waals surface area contributed by atoms with Crippen LogP contribution in [0.2, 0.25) is 0 Å². The van der Waals surface area contributed by atoms with E-state index in [2.05, 4.69) is 67.2 Å². The molecule has 0 bridgehead atoms. The summed E-state index contributed by atoms with van der Waals surface area (Å²) in [7, 11) is 0. The lowest BCUT2D eigenvalue weighted by atomic mass is 9.42. The Kier molecular flexibility index (Phi) is 4.24. The summed E-state index contributed by atoms with van der Waals surface area (Å²) in [6, 6.07) is 0. The van der Waals surface area contributed by atoms with E-state index in [0.717, 1.165) is 11.8 Å². The molecular weight excluding hydrogens is 324 g/mol. The van der Waals surface area contributed by atoms with Gasteiger partial charge in [0, 0.05) is 0 Å². The predicted molar refractivity (Wildman–Crippen MR) is 118 cm³/mol. The minimum atomic E-state index is 0.368. The van der Waals surface area contributed by atoms with Gasteiger partial charge in [0.05, 0.1) is 0 Å². The van der Waals surface area contributed by atoms with Crippen LogP contribution in [0.1, 0.15) is 93.4 Å². The molecule has 0 aliphatic heterocycles. The second-order valence-electron chi connectivity index (χ2n) is 11.7. The molecule has 0 amide bonds. The zero-order valence-electron chi connectivity index (χ0n) is 19.0. The monoisotopic (exact) mass is 366 g/mol. The molecule has 6 unspecified atom stereocenters. The number of hydrogen-bond donors (Lipinski definition) is 0. The molecule has 0 spiro atoms. The van der Waals surface area contributed by atoms with Crippen LogP contribution in [0.3, 0.4) is 0 Å². The molecule has 4 rings (SSSR count). The molecule has 27 heavy (non-hydrogen) atoms. The third kappa shape index (κ3) is 2.28. The fraction of sp³-hybridized carbons (Fsp3) is 0.778. The molecule has 0 nitrogen and oxygen atoms in total. The smallest absolute Gasteiger partial charge is 0.00489 e. The van der Waals surface area contributed by atoms with Crippen molar-refractivity contribution in [3.63, 3.8) is 0 Å². The van der Waals surface area contributed by atoms with Crippen LogP contribution in [0.15, 0.2) is 35.5 Å². The Labute approximate surface area is 168 Å². The van der Waals surface area contributed by atoms with E-state index in [9.17, 15) is 0 Å². The van der Waals surface area contributed by atoms with Gasteiger partial charge in [-0.05, 0) is 77.9 Å². The lowest BCUT2D eigenvalue weighted by Crippen LogP contribution is -2.54. The molecular formula is C27H42. The fourth-order valence-electron chi connectivity index (χ4n) is 8.23. The van der Waals surface area contributed by atoms with Crippen LogP contribution in [-0.4, -0.2) is 0 Å². The van der Waals surface area contributed by atoms with Crippen LogP contribution < -0.4 is 0 Å². The van der Waals surface area contributed by atoms with Crippen molar-refractivity contribution in [3.05, 3.63) is 35.5 Å². The van der Waals surface area contributed by atoms with Crippen LogP contribution in [0.5, 0.6) is 0 Å². The summed E-state index contributed by atoms with van der Waals surface area (Å²) in [6.45, 7) is 22.1. The second-order valence-corrected chi connectivity index (χ2v) is 11.7. The van der Waals surface area contributed by atoms with E-state index in [1.807, 2.05) is 5.57 Å². The number of rotatable bonds is 2. The first kappa shape index (κ1) is 19.5. The second kappa shape index (κ2) is 5.87. The molecule has 2 fully saturated rings. The largest absolute Gasteiger partial charge is 0.0958 e. The van der Waals surface area contributed by atoms with Gasteiger partial charge < -0.3 is 0 Å². The van der Waals surface area contributed by atoms with E-state index in [1.165, 1.54) is 50.5 Å². The van der Waals surface area contributed by atoms with Crippen LogP contribution in [0.4, 0.5) is 0 Å². The number of fused-ring (bicyclic) bond motifs is 5. The van der Waals surface area contributed by atoms with E-state index < -0.39 is 0 Å². The highest BCUT2D eigenvalue weighted by atomic mass is 14.7. The molecule has 0 aromatic heterocycles. The van der Waals surface area contributed by atoms with Crippen molar-refractivity contribution in [1.82, 2.24) is 0 Å². The highest BCUT2D eigenvalue weighted by molar-refractivity contribution is 5.40. The average Bonchev–Trinajstić information content (AvgIpc) is 2.84. The average molecular weight is 367 g/mol. The molecule has 0 N–H and O–H groups in total. The number of hydrogen-bond acceptors (Lipinski definition) is 0. The number of allylic oxidation sites excluding steroid dienone is 5. The maximum Gasteiger partial charge on any atom is -0.00489 e. The van der Waals surface area contributed by atoms with Crippen LogP contribution >= 0.6 is 0 Å². The fourth-order valence-corrected chi connectivity index (χ4v) is 8.23. The minimum Gasteiger partial charge on any atom is -0.0958 e.